The van der Waals surface area contributed by atoms with Crippen LogP contribution in [0, 0.1) is 6.92 Å². The Balaban J connectivity index is 2.35. The van der Waals surface area contributed by atoms with E-state index in [4.69, 9.17) is 0 Å². The predicted octanol–water partition coefficient (Wildman–Crippen LogP) is 1.02. The summed E-state index contributed by atoms with van der Waals surface area (Å²) < 4.78 is 27.6. The van der Waals surface area contributed by atoms with E-state index >= 15 is 0 Å². The number of rotatable bonds is 4. The van der Waals surface area contributed by atoms with Crippen molar-refractivity contribution in [2.75, 3.05) is 11.0 Å². The van der Waals surface area contributed by atoms with E-state index in [1.54, 1.807) is 0 Å². The van der Waals surface area contributed by atoms with Crippen LogP contribution in [-0.4, -0.2) is 29.6 Å². The second-order valence-corrected chi connectivity index (χ2v) is 8.38. The third-order valence-electron chi connectivity index (χ3n) is 2.40. The van der Waals surface area contributed by atoms with E-state index in [0.717, 1.165) is 10.0 Å². The maximum atomic E-state index is 11.4. The summed E-state index contributed by atoms with van der Waals surface area (Å²) in [5.74, 6) is 0. The number of benzene rings is 2. The van der Waals surface area contributed by atoms with Crippen LogP contribution in [0.15, 0.2) is 48.5 Å². The van der Waals surface area contributed by atoms with Gasteiger partial charge >= 0.3 is 120 Å². The Morgan fingerprint density at radius 3 is 2.37 bits per heavy atom. The molecule has 0 unspecified atom stereocenters. The van der Waals surface area contributed by atoms with Crippen LogP contribution in [0.4, 0.5) is 5.69 Å². The summed E-state index contributed by atoms with van der Waals surface area (Å²) in [4.78, 5) is 0. The molecule has 0 fully saturated rings. The summed E-state index contributed by atoms with van der Waals surface area (Å²) >= 11 is 0.0836. The average molecular weight is 340 g/mol. The van der Waals surface area contributed by atoms with Gasteiger partial charge in [0.15, 0.2) is 0 Å². The fourth-order valence-electron chi connectivity index (χ4n) is 1.61. The summed E-state index contributed by atoms with van der Waals surface area (Å²) in [6.07, 6.45) is 1.17. The topological polar surface area (TPSA) is 46.2 Å². The van der Waals surface area contributed by atoms with Gasteiger partial charge in [0.1, 0.15) is 0 Å². The monoisotopic (exact) mass is 341 g/mol. The van der Waals surface area contributed by atoms with Gasteiger partial charge in [-0.3, -0.25) is 0 Å². The van der Waals surface area contributed by atoms with Gasteiger partial charge in [-0.2, -0.15) is 0 Å². The molecule has 100 valence electrons. The molecule has 1 N–H and O–H groups in total. The number of hydrogen-bond acceptors (Lipinski definition) is 2. The SMILES string of the molecule is Cc1ccc(NS(C)(=O)=O)c([Se]c2ccccc2)c1. The van der Waals surface area contributed by atoms with E-state index < -0.39 is 10.0 Å². The van der Waals surface area contributed by atoms with Crippen molar-refractivity contribution in [2.45, 2.75) is 6.92 Å². The van der Waals surface area contributed by atoms with Crippen molar-refractivity contribution in [1.82, 2.24) is 0 Å². The van der Waals surface area contributed by atoms with Crippen molar-refractivity contribution in [2.24, 2.45) is 0 Å². The van der Waals surface area contributed by atoms with Crippen LogP contribution in [0.5, 0.6) is 0 Å². The van der Waals surface area contributed by atoms with Crippen LogP contribution in [0.25, 0.3) is 0 Å². The molecule has 19 heavy (non-hydrogen) atoms. The van der Waals surface area contributed by atoms with E-state index in [1.165, 1.54) is 10.7 Å². The summed E-state index contributed by atoms with van der Waals surface area (Å²) in [7, 11) is -3.24. The third-order valence-corrected chi connectivity index (χ3v) is 5.23. The minimum absolute atomic E-state index is 0.0836. The van der Waals surface area contributed by atoms with E-state index in [2.05, 4.69) is 16.9 Å². The Morgan fingerprint density at radius 2 is 1.74 bits per heavy atom. The van der Waals surface area contributed by atoms with E-state index in [1.807, 2.05) is 43.3 Å². The average Bonchev–Trinajstić information content (AvgIpc) is 2.32. The molecule has 3 nitrogen and oxygen atoms in total. The normalized spacial score (nSPS) is 11.3. The summed E-state index contributed by atoms with van der Waals surface area (Å²) in [6, 6.07) is 15.9. The fourth-order valence-corrected chi connectivity index (χ4v) is 4.48. The molecular formula is C14H15NO2SSe. The van der Waals surface area contributed by atoms with E-state index in [0.29, 0.717) is 5.69 Å². The van der Waals surface area contributed by atoms with Crippen molar-refractivity contribution >= 4 is 39.6 Å². The molecule has 0 heterocycles. The molecule has 5 heteroatoms. The van der Waals surface area contributed by atoms with E-state index in [-0.39, 0.29) is 15.0 Å². The number of sulfonamides is 1. The van der Waals surface area contributed by atoms with Crippen molar-refractivity contribution in [3.8, 4) is 0 Å². The quantitative estimate of drug-likeness (QED) is 0.845. The molecule has 0 saturated carbocycles. The Labute approximate surface area is 120 Å². The second-order valence-electron chi connectivity index (χ2n) is 4.29. The molecule has 0 radical (unpaired) electrons. The zero-order chi connectivity index (χ0) is 13.9. The maximum absolute atomic E-state index is 11.4. The Kier molecular flexibility index (Phi) is 4.30. The molecule has 0 aliphatic carbocycles. The minimum atomic E-state index is -3.24. The van der Waals surface area contributed by atoms with Crippen LogP contribution in [0.3, 0.4) is 0 Å². The number of anilines is 1. The summed E-state index contributed by atoms with van der Waals surface area (Å²) in [5.41, 5.74) is 1.81. The van der Waals surface area contributed by atoms with Gasteiger partial charge in [0, 0.05) is 0 Å². The first-order chi connectivity index (χ1) is 8.94. The Hall–Kier alpha value is -1.29. The molecule has 2 aromatic rings. The molecular weight excluding hydrogens is 325 g/mol. The molecule has 0 aliphatic rings. The first kappa shape index (κ1) is 14.1. The third kappa shape index (κ3) is 4.39. The first-order valence-electron chi connectivity index (χ1n) is 5.75. The van der Waals surface area contributed by atoms with Crippen LogP contribution < -0.4 is 13.6 Å². The van der Waals surface area contributed by atoms with Crippen molar-refractivity contribution in [3.63, 3.8) is 0 Å². The van der Waals surface area contributed by atoms with Gasteiger partial charge in [-0.15, -0.1) is 0 Å². The second kappa shape index (κ2) is 5.78. The van der Waals surface area contributed by atoms with Crippen molar-refractivity contribution in [3.05, 3.63) is 54.1 Å². The van der Waals surface area contributed by atoms with Crippen molar-refractivity contribution in [1.29, 1.82) is 0 Å². The number of nitrogens with one attached hydrogen (secondary N) is 1. The molecule has 0 saturated heterocycles. The van der Waals surface area contributed by atoms with Gasteiger partial charge in [-0.1, -0.05) is 0 Å². The molecule has 2 rings (SSSR count). The van der Waals surface area contributed by atoms with Crippen LogP contribution in [-0.2, 0) is 10.0 Å². The molecule has 2 aromatic carbocycles. The first-order valence-corrected chi connectivity index (χ1v) is 9.36. The van der Waals surface area contributed by atoms with Gasteiger partial charge in [0.25, 0.3) is 0 Å². The van der Waals surface area contributed by atoms with E-state index in [9.17, 15) is 8.42 Å². The van der Waals surface area contributed by atoms with Gasteiger partial charge in [0.05, 0.1) is 0 Å². The van der Waals surface area contributed by atoms with Crippen LogP contribution >= 0.6 is 0 Å². The molecule has 0 aromatic heterocycles. The standard InChI is InChI=1S/C14H15NO2SSe/c1-11-8-9-13(15-18(2,16)17)14(10-11)19-12-6-4-3-5-7-12/h3-10,15H,1-2H3. The van der Waals surface area contributed by atoms with Gasteiger partial charge < -0.3 is 0 Å². The molecule has 0 atom stereocenters. The fraction of sp³-hybridized carbons (Fsp3) is 0.143. The zero-order valence-corrected chi connectivity index (χ0v) is 13.3. The molecule has 0 aliphatic heterocycles. The van der Waals surface area contributed by atoms with Crippen molar-refractivity contribution < 1.29 is 8.42 Å². The number of aryl methyl sites for hydroxylation is 1. The summed E-state index contributed by atoms with van der Waals surface area (Å²) in [6.45, 7) is 2.01. The van der Waals surface area contributed by atoms with Crippen LogP contribution in [0.1, 0.15) is 5.56 Å². The van der Waals surface area contributed by atoms with Crippen LogP contribution in [0.2, 0.25) is 0 Å². The zero-order valence-electron chi connectivity index (χ0n) is 10.8. The Bertz CT molecular complexity index is 669. The molecule has 0 spiro atoms. The predicted molar refractivity (Wildman–Crippen MR) is 81.1 cm³/mol. The van der Waals surface area contributed by atoms with Gasteiger partial charge in [0.2, 0.25) is 0 Å². The van der Waals surface area contributed by atoms with Gasteiger partial charge in [-0.25, -0.2) is 0 Å². The Morgan fingerprint density at radius 1 is 1.05 bits per heavy atom. The summed E-state index contributed by atoms with van der Waals surface area (Å²) in [5, 5.41) is 0. The number of hydrogen-bond donors (Lipinski definition) is 1. The molecule has 0 amide bonds. The molecule has 0 bridgehead atoms. The van der Waals surface area contributed by atoms with Gasteiger partial charge in [-0.05, 0) is 0 Å².